The van der Waals surface area contributed by atoms with Gasteiger partial charge in [-0.3, -0.25) is 24.2 Å². The van der Waals surface area contributed by atoms with E-state index in [0.717, 1.165) is 10.4 Å². The number of piperazine rings is 1. The number of hydrogen-bond donors (Lipinski definition) is 3. The second kappa shape index (κ2) is 14.5. The Balaban J connectivity index is 1.35. The van der Waals surface area contributed by atoms with Crippen molar-refractivity contribution < 1.29 is 29.0 Å². The fourth-order valence-corrected chi connectivity index (χ4v) is 5.91. The second-order valence-electron chi connectivity index (χ2n) is 10.5. The summed E-state index contributed by atoms with van der Waals surface area (Å²) >= 11 is 1.37. The molecule has 1 aliphatic rings. The van der Waals surface area contributed by atoms with Gasteiger partial charge in [0.1, 0.15) is 5.75 Å². The fraction of sp³-hybridized carbons (Fsp3) is 0.242. The number of nitrogens with zero attached hydrogens (tertiary/aromatic N) is 3. The van der Waals surface area contributed by atoms with Gasteiger partial charge in [0.25, 0.3) is 11.8 Å². The van der Waals surface area contributed by atoms with E-state index < -0.39 is 17.9 Å². The lowest BCUT2D eigenvalue weighted by Gasteiger charge is -2.37. The number of ether oxygens (including phenoxy) is 1. The number of pyridine rings is 1. The summed E-state index contributed by atoms with van der Waals surface area (Å²) in [4.78, 5) is 59.7. The van der Waals surface area contributed by atoms with Gasteiger partial charge in [0.2, 0.25) is 5.91 Å². The number of amides is 3. The summed E-state index contributed by atoms with van der Waals surface area (Å²) in [7, 11) is 1.57. The normalized spacial score (nSPS) is 13.5. The van der Waals surface area contributed by atoms with Gasteiger partial charge in [-0.05, 0) is 59.5 Å². The van der Waals surface area contributed by atoms with E-state index >= 15 is 0 Å². The van der Waals surface area contributed by atoms with Gasteiger partial charge in [-0.25, -0.2) is 0 Å². The second-order valence-corrected chi connectivity index (χ2v) is 11.4. The van der Waals surface area contributed by atoms with E-state index in [1.807, 2.05) is 17.5 Å². The zero-order chi connectivity index (χ0) is 31.8. The highest BCUT2D eigenvalue weighted by molar-refractivity contribution is 7.10. The molecule has 5 rings (SSSR count). The minimum Gasteiger partial charge on any atom is -0.497 e. The largest absolute Gasteiger partial charge is 0.497 e. The molecule has 2 aromatic carbocycles. The molecule has 1 fully saturated rings. The first-order valence-corrected chi connectivity index (χ1v) is 15.3. The van der Waals surface area contributed by atoms with Crippen molar-refractivity contribution in [3.05, 3.63) is 106 Å². The van der Waals surface area contributed by atoms with Gasteiger partial charge < -0.3 is 30.3 Å². The van der Waals surface area contributed by atoms with Gasteiger partial charge in [-0.15, -0.1) is 11.3 Å². The molecule has 0 bridgehead atoms. The molecular formula is C33H33N5O6S. The summed E-state index contributed by atoms with van der Waals surface area (Å²) in [6.07, 6.45) is 3.01. The minimum atomic E-state index is -1.03. The monoisotopic (exact) mass is 627 g/mol. The Morgan fingerprint density at radius 1 is 0.978 bits per heavy atom. The quantitative estimate of drug-likeness (QED) is 0.224. The summed E-state index contributed by atoms with van der Waals surface area (Å²) in [5, 5.41) is 17.1. The van der Waals surface area contributed by atoms with Crippen LogP contribution in [0.2, 0.25) is 0 Å². The summed E-state index contributed by atoms with van der Waals surface area (Å²) in [5.41, 5.74) is 2.74. The molecule has 0 spiro atoms. The molecule has 0 radical (unpaired) electrons. The first-order valence-electron chi connectivity index (χ1n) is 14.4. The third-order valence-electron chi connectivity index (χ3n) is 7.44. The molecule has 1 saturated heterocycles. The molecule has 1 aliphatic heterocycles. The molecule has 45 heavy (non-hydrogen) atoms. The smallest absolute Gasteiger partial charge is 0.305 e. The van der Waals surface area contributed by atoms with Gasteiger partial charge in [-0.2, -0.15) is 0 Å². The number of carbonyl (C=O) groups excluding carboxylic acids is 3. The highest BCUT2D eigenvalue weighted by Gasteiger charge is 2.26. The van der Waals surface area contributed by atoms with Crippen LogP contribution in [-0.4, -0.2) is 72.0 Å². The third kappa shape index (κ3) is 8.03. The standard InChI is InChI=1S/C33H33N5O6S/c1-44-25-9-6-22(7-10-25)18-30(39)35-26-19-23(32(42)36-27(20-31(40)41)29-5-3-17-45-29)8-11-28(26)37-13-15-38(16-14-37)33(43)24-4-2-12-34-21-24/h2-12,17,19,21,27H,13-16,18,20H2,1H3,(H,35,39)(H,36,42)(H,40,41). The Bertz CT molecular complexity index is 1640. The van der Waals surface area contributed by atoms with Crippen LogP contribution in [0.5, 0.6) is 5.75 Å². The van der Waals surface area contributed by atoms with E-state index in [0.29, 0.717) is 48.9 Å². The molecule has 11 nitrogen and oxygen atoms in total. The van der Waals surface area contributed by atoms with Crippen LogP contribution in [0, 0.1) is 0 Å². The number of hydrogen-bond acceptors (Lipinski definition) is 8. The molecule has 3 N–H and O–H groups in total. The minimum absolute atomic E-state index is 0.0931. The SMILES string of the molecule is COc1ccc(CC(=O)Nc2cc(C(=O)NC(CC(=O)O)c3cccs3)ccc2N2CCN(C(=O)c3cccnc3)CC2)cc1. The molecule has 3 heterocycles. The van der Waals surface area contributed by atoms with Crippen LogP contribution in [-0.2, 0) is 16.0 Å². The Hall–Kier alpha value is -5.23. The molecule has 232 valence electrons. The summed E-state index contributed by atoms with van der Waals surface area (Å²) in [6.45, 7) is 1.95. The van der Waals surface area contributed by atoms with Gasteiger partial charge in [-0.1, -0.05) is 18.2 Å². The maximum atomic E-state index is 13.4. The predicted octanol–water partition coefficient (Wildman–Crippen LogP) is 4.24. The van der Waals surface area contributed by atoms with Crippen molar-refractivity contribution in [2.24, 2.45) is 0 Å². The molecule has 1 atom stereocenters. The number of aromatic nitrogens is 1. The number of benzene rings is 2. The Morgan fingerprint density at radius 3 is 2.40 bits per heavy atom. The Morgan fingerprint density at radius 2 is 1.76 bits per heavy atom. The zero-order valence-corrected chi connectivity index (χ0v) is 25.5. The summed E-state index contributed by atoms with van der Waals surface area (Å²) < 4.78 is 5.20. The van der Waals surface area contributed by atoms with Crippen LogP contribution in [0.15, 0.2) is 84.5 Å². The van der Waals surface area contributed by atoms with Crippen molar-refractivity contribution in [2.75, 3.05) is 43.5 Å². The van der Waals surface area contributed by atoms with Crippen LogP contribution < -0.4 is 20.3 Å². The van der Waals surface area contributed by atoms with E-state index in [1.165, 1.54) is 11.3 Å². The average molecular weight is 628 g/mol. The van der Waals surface area contributed by atoms with E-state index in [-0.39, 0.29) is 30.2 Å². The summed E-state index contributed by atoms with van der Waals surface area (Å²) in [6, 6.07) is 18.6. The maximum Gasteiger partial charge on any atom is 0.305 e. The molecule has 12 heteroatoms. The van der Waals surface area contributed by atoms with Crippen molar-refractivity contribution in [1.29, 1.82) is 0 Å². The van der Waals surface area contributed by atoms with Crippen molar-refractivity contribution in [3.8, 4) is 5.75 Å². The molecular weight excluding hydrogens is 594 g/mol. The number of rotatable bonds is 11. The van der Waals surface area contributed by atoms with E-state index in [1.54, 1.807) is 79.0 Å². The van der Waals surface area contributed by atoms with Gasteiger partial charge in [0, 0.05) is 49.0 Å². The Labute approximate surface area is 264 Å². The highest BCUT2D eigenvalue weighted by atomic mass is 32.1. The lowest BCUT2D eigenvalue weighted by atomic mass is 10.1. The number of methoxy groups -OCH3 is 1. The molecule has 2 aromatic heterocycles. The number of nitrogens with one attached hydrogen (secondary N) is 2. The van der Waals surface area contributed by atoms with E-state index in [2.05, 4.69) is 20.5 Å². The van der Waals surface area contributed by atoms with Crippen molar-refractivity contribution >= 4 is 46.4 Å². The van der Waals surface area contributed by atoms with E-state index in [9.17, 15) is 24.3 Å². The number of carboxylic acid groups (broad SMARTS) is 1. The molecule has 3 amide bonds. The topological polar surface area (TPSA) is 141 Å². The summed E-state index contributed by atoms with van der Waals surface area (Å²) in [5.74, 6) is -1.17. The fourth-order valence-electron chi connectivity index (χ4n) is 5.13. The molecule has 0 saturated carbocycles. The molecule has 4 aromatic rings. The number of anilines is 2. The lowest BCUT2D eigenvalue weighted by molar-refractivity contribution is -0.137. The maximum absolute atomic E-state index is 13.4. The van der Waals surface area contributed by atoms with Gasteiger partial charge in [0.05, 0.1) is 42.9 Å². The van der Waals surface area contributed by atoms with Crippen LogP contribution in [0.4, 0.5) is 11.4 Å². The number of carboxylic acids is 1. The average Bonchev–Trinajstić information content (AvgIpc) is 3.60. The highest BCUT2D eigenvalue weighted by Crippen LogP contribution is 2.30. The number of thiophene rings is 1. The van der Waals surface area contributed by atoms with Gasteiger partial charge >= 0.3 is 5.97 Å². The van der Waals surface area contributed by atoms with Crippen LogP contribution in [0.1, 0.15) is 43.6 Å². The first-order chi connectivity index (χ1) is 21.8. The third-order valence-corrected chi connectivity index (χ3v) is 8.43. The Kier molecular flexibility index (Phi) is 10.1. The van der Waals surface area contributed by atoms with Crippen LogP contribution in [0.25, 0.3) is 0 Å². The van der Waals surface area contributed by atoms with Gasteiger partial charge in [0.15, 0.2) is 0 Å². The number of aliphatic carboxylic acids is 1. The van der Waals surface area contributed by atoms with Crippen molar-refractivity contribution in [1.82, 2.24) is 15.2 Å². The number of carbonyl (C=O) groups is 4. The van der Waals surface area contributed by atoms with Crippen LogP contribution >= 0.6 is 11.3 Å². The molecule has 1 unspecified atom stereocenters. The lowest BCUT2D eigenvalue weighted by Crippen LogP contribution is -2.49. The van der Waals surface area contributed by atoms with E-state index in [4.69, 9.17) is 4.74 Å². The zero-order valence-electron chi connectivity index (χ0n) is 24.6. The van der Waals surface area contributed by atoms with Crippen LogP contribution in [0.3, 0.4) is 0 Å². The predicted molar refractivity (Wildman–Crippen MR) is 171 cm³/mol. The van der Waals surface area contributed by atoms with Crippen molar-refractivity contribution in [2.45, 2.75) is 18.9 Å². The first kappa shape index (κ1) is 31.2. The molecule has 0 aliphatic carbocycles. The van der Waals surface area contributed by atoms with Crippen molar-refractivity contribution in [3.63, 3.8) is 0 Å².